The summed E-state index contributed by atoms with van der Waals surface area (Å²) in [5.41, 5.74) is 7.72. The SMILES string of the molecule is CCn1c(CC(F)C(CN)C(C)C)nc2ccccc21. The molecule has 0 aliphatic heterocycles. The van der Waals surface area contributed by atoms with Crippen LogP contribution in [0.3, 0.4) is 0 Å². The second kappa shape index (κ2) is 6.35. The summed E-state index contributed by atoms with van der Waals surface area (Å²) in [6, 6.07) is 7.96. The molecule has 0 saturated heterocycles. The number of nitrogens with zero attached hydrogens (tertiary/aromatic N) is 2. The zero-order chi connectivity index (χ0) is 14.7. The van der Waals surface area contributed by atoms with Crippen molar-refractivity contribution >= 4 is 11.0 Å². The second-order valence-electron chi connectivity index (χ2n) is 5.62. The lowest BCUT2D eigenvalue weighted by atomic mass is 9.89. The highest BCUT2D eigenvalue weighted by Gasteiger charge is 2.25. The van der Waals surface area contributed by atoms with Gasteiger partial charge in [0, 0.05) is 18.9 Å². The molecule has 110 valence electrons. The zero-order valence-electron chi connectivity index (χ0n) is 12.5. The monoisotopic (exact) mass is 277 g/mol. The fraction of sp³-hybridized carbons (Fsp3) is 0.562. The standard InChI is InChI=1S/C16H24FN3/c1-4-20-15-8-6-5-7-14(15)19-16(20)9-13(17)12(10-18)11(2)3/h5-8,11-13H,4,9-10,18H2,1-3H3. The van der Waals surface area contributed by atoms with Gasteiger partial charge in [-0.2, -0.15) is 0 Å². The molecule has 2 rings (SSSR count). The molecule has 1 aromatic carbocycles. The van der Waals surface area contributed by atoms with Crippen LogP contribution in [-0.2, 0) is 13.0 Å². The van der Waals surface area contributed by atoms with E-state index < -0.39 is 6.17 Å². The molecule has 0 aliphatic rings. The van der Waals surface area contributed by atoms with Crippen molar-refractivity contribution < 1.29 is 4.39 Å². The van der Waals surface area contributed by atoms with E-state index in [1.807, 2.05) is 38.1 Å². The first kappa shape index (κ1) is 15.0. The van der Waals surface area contributed by atoms with Gasteiger partial charge < -0.3 is 10.3 Å². The maximum Gasteiger partial charge on any atom is 0.112 e. The van der Waals surface area contributed by atoms with E-state index in [0.717, 1.165) is 23.4 Å². The third-order valence-electron chi connectivity index (χ3n) is 4.02. The Balaban J connectivity index is 2.29. The molecule has 2 atom stereocenters. The summed E-state index contributed by atoms with van der Waals surface area (Å²) >= 11 is 0. The van der Waals surface area contributed by atoms with Crippen molar-refractivity contribution in [2.75, 3.05) is 6.54 Å². The number of benzene rings is 1. The Morgan fingerprint density at radius 1 is 1.30 bits per heavy atom. The summed E-state index contributed by atoms with van der Waals surface area (Å²) in [6.07, 6.45) is -0.607. The molecule has 0 amide bonds. The highest BCUT2D eigenvalue weighted by atomic mass is 19.1. The van der Waals surface area contributed by atoms with Gasteiger partial charge in [0.1, 0.15) is 12.0 Å². The van der Waals surface area contributed by atoms with Crippen molar-refractivity contribution in [3.63, 3.8) is 0 Å². The fourth-order valence-electron chi connectivity index (χ4n) is 2.80. The molecular weight excluding hydrogens is 253 g/mol. The summed E-state index contributed by atoms with van der Waals surface area (Å²) in [5, 5.41) is 0. The molecule has 2 aromatic rings. The number of aryl methyl sites for hydroxylation is 1. The minimum Gasteiger partial charge on any atom is -0.330 e. The summed E-state index contributed by atoms with van der Waals surface area (Å²) < 4.78 is 16.6. The van der Waals surface area contributed by atoms with Crippen molar-refractivity contribution in [2.24, 2.45) is 17.6 Å². The van der Waals surface area contributed by atoms with E-state index in [9.17, 15) is 4.39 Å². The molecule has 0 bridgehead atoms. The average Bonchev–Trinajstić information content (AvgIpc) is 2.75. The number of halogens is 1. The van der Waals surface area contributed by atoms with E-state index in [2.05, 4.69) is 16.5 Å². The number of aromatic nitrogens is 2. The molecule has 0 saturated carbocycles. The van der Waals surface area contributed by atoms with Crippen LogP contribution in [-0.4, -0.2) is 22.3 Å². The van der Waals surface area contributed by atoms with Crippen LogP contribution in [0.4, 0.5) is 4.39 Å². The lowest BCUT2D eigenvalue weighted by Crippen LogP contribution is -2.31. The van der Waals surface area contributed by atoms with Crippen LogP contribution in [0.15, 0.2) is 24.3 Å². The predicted octanol–water partition coefficient (Wildman–Crippen LogP) is 3.17. The van der Waals surface area contributed by atoms with E-state index in [4.69, 9.17) is 5.73 Å². The number of para-hydroxylation sites is 2. The van der Waals surface area contributed by atoms with Gasteiger partial charge in [-0.15, -0.1) is 0 Å². The van der Waals surface area contributed by atoms with Crippen molar-refractivity contribution in [3.05, 3.63) is 30.1 Å². The van der Waals surface area contributed by atoms with Crippen LogP contribution in [0.1, 0.15) is 26.6 Å². The Morgan fingerprint density at radius 2 is 2.00 bits per heavy atom. The first-order valence-electron chi connectivity index (χ1n) is 7.36. The van der Waals surface area contributed by atoms with Crippen molar-refractivity contribution in [1.82, 2.24) is 9.55 Å². The average molecular weight is 277 g/mol. The Bertz CT molecular complexity index is 562. The van der Waals surface area contributed by atoms with Gasteiger partial charge in [0.25, 0.3) is 0 Å². The summed E-state index contributed by atoms with van der Waals surface area (Å²) in [7, 11) is 0. The molecule has 20 heavy (non-hydrogen) atoms. The van der Waals surface area contributed by atoms with Gasteiger partial charge in [-0.1, -0.05) is 26.0 Å². The van der Waals surface area contributed by atoms with Gasteiger partial charge in [0.05, 0.1) is 11.0 Å². The highest BCUT2D eigenvalue weighted by Crippen LogP contribution is 2.23. The maximum absolute atomic E-state index is 14.5. The Hall–Kier alpha value is -1.42. The molecule has 0 spiro atoms. The zero-order valence-corrected chi connectivity index (χ0v) is 12.5. The van der Waals surface area contributed by atoms with Crippen LogP contribution < -0.4 is 5.73 Å². The third kappa shape index (κ3) is 2.85. The number of rotatable bonds is 6. The van der Waals surface area contributed by atoms with Crippen molar-refractivity contribution in [2.45, 2.75) is 39.9 Å². The highest BCUT2D eigenvalue weighted by molar-refractivity contribution is 5.75. The molecule has 0 radical (unpaired) electrons. The molecule has 1 heterocycles. The van der Waals surface area contributed by atoms with Crippen LogP contribution in [0, 0.1) is 11.8 Å². The van der Waals surface area contributed by atoms with Crippen LogP contribution in [0.2, 0.25) is 0 Å². The van der Waals surface area contributed by atoms with E-state index >= 15 is 0 Å². The van der Waals surface area contributed by atoms with Gasteiger partial charge in [0.2, 0.25) is 0 Å². The molecule has 4 heteroatoms. The minimum absolute atomic E-state index is 0.111. The van der Waals surface area contributed by atoms with Gasteiger partial charge in [-0.25, -0.2) is 9.37 Å². The van der Waals surface area contributed by atoms with E-state index in [1.165, 1.54) is 0 Å². The van der Waals surface area contributed by atoms with Crippen LogP contribution >= 0.6 is 0 Å². The van der Waals surface area contributed by atoms with Crippen molar-refractivity contribution in [3.8, 4) is 0 Å². The molecule has 0 fully saturated rings. The number of alkyl halides is 1. The maximum atomic E-state index is 14.5. The van der Waals surface area contributed by atoms with E-state index in [1.54, 1.807) is 0 Å². The van der Waals surface area contributed by atoms with Gasteiger partial charge in [0.15, 0.2) is 0 Å². The molecular formula is C16H24FN3. The van der Waals surface area contributed by atoms with Crippen molar-refractivity contribution in [1.29, 1.82) is 0 Å². The van der Waals surface area contributed by atoms with Gasteiger partial charge >= 0.3 is 0 Å². The number of nitrogens with two attached hydrogens (primary N) is 1. The third-order valence-corrected chi connectivity index (χ3v) is 4.02. The molecule has 0 aliphatic carbocycles. The fourth-order valence-corrected chi connectivity index (χ4v) is 2.80. The van der Waals surface area contributed by atoms with Crippen LogP contribution in [0.25, 0.3) is 11.0 Å². The lowest BCUT2D eigenvalue weighted by Gasteiger charge is -2.23. The summed E-state index contributed by atoms with van der Waals surface area (Å²) in [5.74, 6) is 0.954. The normalized spacial score (nSPS) is 14.9. The second-order valence-corrected chi connectivity index (χ2v) is 5.62. The summed E-state index contributed by atoms with van der Waals surface area (Å²) in [4.78, 5) is 4.58. The molecule has 2 N–H and O–H groups in total. The Morgan fingerprint density at radius 3 is 2.60 bits per heavy atom. The number of hydrogen-bond acceptors (Lipinski definition) is 2. The number of imidazole rings is 1. The minimum atomic E-state index is -0.942. The number of fused-ring (bicyclic) bond motifs is 1. The number of hydrogen-bond donors (Lipinski definition) is 1. The van der Waals surface area contributed by atoms with Gasteiger partial charge in [-0.3, -0.25) is 0 Å². The lowest BCUT2D eigenvalue weighted by molar-refractivity contribution is 0.182. The molecule has 1 aromatic heterocycles. The quantitative estimate of drug-likeness (QED) is 0.881. The largest absolute Gasteiger partial charge is 0.330 e. The summed E-state index contributed by atoms with van der Waals surface area (Å²) in [6.45, 7) is 7.29. The predicted molar refractivity (Wildman–Crippen MR) is 81.4 cm³/mol. The first-order chi connectivity index (χ1) is 9.58. The molecule has 3 nitrogen and oxygen atoms in total. The van der Waals surface area contributed by atoms with Crippen LogP contribution in [0.5, 0.6) is 0 Å². The smallest absolute Gasteiger partial charge is 0.112 e. The van der Waals surface area contributed by atoms with E-state index in [-0.39, 0.29) is 11.8 Å². The Kier molecular flexibility index (Phi) is 4.76. The van der Waals surface area contributed by atoms with E-state index in [0.29, 0.717) is 13.0 Å². The Labute approximate surface area is 120 Å². The topological polar surface area (TPSA) is 43.8 Å². The molecule has 2 unspecified atom stereocenters. The van der Waals surface area contributed by atoms with Gasteiger partial charge in [-0.05, 0) is 31.5 Å². The first-order valence-corrected chi connectivity index (χ1v) is 7.36.